The van der Waals surface area contributed by atoms with Crippen molar-refractivity contribution in [2.45, 2.75) is 31.2 Å². The molecule has 4 rings (SSSR count). The zero-order chi connectivity index (χ0) is 22.9. The Morgan fingerprint density at radius 1 is 1.12 bits per heavy atom. The monoisotopic (exact) mass is 470 g/mol. The molecule has 1 aliphatic heterocycles. The number of nitrogens with one attached hydrogen (secondary N) is 1. The molecule has 1 heterocycles. The summed E-state index contributed by atoms with van der Waals surface area (Å²) in [7, 11) is -3.77. The fraction of sp³-hybridized carbons (Fsp3) is 0.208. The Labute approximate surface area is 192 Å². The average Bonchev–Trinajstić information content (AvgIpc) is 3.10. The largest absolute Gasteiger partial charge is 0.483 e. The summed E-state index contributed by atoms with van der Waals surface area (Å²) >= 11 is 5.85. The number of ether oxygens (including phenoxy) is 1. The van der Waals surface area contributed by atoms with Gasteiger partial charge in [0.05, 0.1) is 4.90 Å². The smallest absolute Gasteiger partial charge is 0.265 e. The van der Waals surface area contributed by atoms with E-state index in [1.165, 1.54) is 12.1 Å². The summed E-state index contributed by atoms with van der Waals surface area (Å²) in [6, 6.07) is 18.9. The van der Waals surface area contributed by atoms with Gasteiger partial charge in [-0.15, -0.1) is 0 Å². The fourth-order valence-electron chi connectivity index (χ4n) is 3.84. The number of benzene rings is 3. The van der Waals surface area contributed by atoms with E-state index >= 15 is 0 Å². The summed E-state index contributed by atoms with van der Waals surface area (Å²) in [5.41, 5.74) is 3.09. The van der Waals surface area contributed by atoms with Gasteiger partial charge in [0, 0.05) is 22.4 Å². The highest BCUT2D eigenvalue weighted by atomic mass is 35.5. The number of sulfonamides is 1. The molecule has 3 aromatic carbocycles. The quantitative estimate of drug-likeness (QED) is 0.561. The van der Waals surface area contributed by atoms with Crippen molar-refractivity contribution in [2.24, 2.45) is 0 Å². The molecule has 0 spiro atoms. The summed E-state index contributed by atoms with van der Waals surface area (Å²) < 4.78 is 33.7. The van der Waals surface area contributed by atoms with Crippen molar-refractivity contribution in [3.8, 4) is 5.75 Å². The van der Waals surface area contributed by atoms with Crippen LogP contribution in [-0.4, -0.2) is 27.0 Å². The molecule has 0 fully saturated rings. The summed E-state index contributed by atoms with van der Waals surface area (Å²) in [4.78, 5) is 14.7. The summed E-state index contributed by atoms with van der Waals surface area (Å²) in [5.74, 6) is 0.326. The van der Waals surface area contributed by atoms with E-state index in [9.17, 15) is 13.2 Å². The van der Waals surface area contributed by atoms with Crippen LogP contribution >= 0.6 is 11.6 Å². The highest BCUT2D eigenvalue weighted by Gasteiger charge is 2.30. The number of amides is 1. The molecule has 32 heavy (non-hydrogen) atoms. The first kappa shape index (κ1) is 22.2. The summed E-state index contributed by atoms with van der Waals surface area (Å²) in [6.45, 7) is 3.63. The van der Waals surface area contributed by atoms with Crippen molar-refractivity contribution >= 4 is 38.9 Å². The third kappa shape index (κ3) is 4.59. The van der Waals surface area contributed by atoms with Crippen LogP contribution in [0, 0.1) is 6.92 Å². The lowest BCUT2D eigenvalue weighted by Crippen LogP contribution is -2.39. The van der Waals surface area contributed by atoms with Crippen LogP contribution < -0.4 is 14.4 Å². The number of anilines is 2. The fourth-order valence-corrected chi connectivity index (χ4v) is 5.11. The van der Waals surface area contributed by atoms with Crippen LogP contribution in [0.3, 0.4) is 0 Å². The average molecular weight is 471 g/mol. The summed E-state index contributed by atoms with van der Waals surface area (Å²) in [6.07, 6.45) is 0.814. The highest BCUT2D eigenvalue weighted by Crippen LogP contribution is 2.32. The Morgan fingerprint density at radius 2 is 1.84 bits per heavy atom. The van der Waals surface area contributed by atoms with E-state index in [-0.39, 0.29) is 23.5 Å². The van der Waals surface area contributed by atoms with E-state index in [1.807, 2.05) is 31.2 Å². The van der Waals surface area contributed by atoms with Gasteiger partial charge in [0.25, 0.3) is 15.9 Å². The van der Waals surface area contributed by atoms with Gasteiger partial charge >= 0.3 is 0 Å². The van der Waals surface area contributed by atoms with E-state index in [0.717, 1.165) is 17.7 Å². The van der Waals surface area contributed by atoms with Crippen LogP contribution in [0.4, 0.5) is 11.4 Å². The molecule has 8 heteroatoms. The number of fused-ring (bicyclic) bond motifs is 1. The van der Waals surface area contributed by atoms with Crippen LogP contribution in [-0.2, 0) is 21.2 Å². The van der Waals surface area contributed by atoms with E-state index in [0.29, 0.717) is 22.0 Å². The maximum absolute atomic E-state index is 12.8. The first-order chi connectivity index (χ1) is 15.2. The van der Waals surface area contributed by atoms with Gasteiger partial charge in [-0.05, 0) is 79.9 Å². The first-order valence-corrected chi connectivity index (χ1v) is 12.0. The first-order valence-electron chi connectivity index (χ1n) is 10.2. The second kappa shape index (κ2) is 8.84. The van der Waals surface area contributed by atoms with Crippen molar-refractivity contribution in [3.63, 3.8) is 0 Å². The Balaban J connectivity index is 1.45. The second-order valence-electron chi connectivity index (χ2n) is 7.77. The number of hydrogen-bond acceptors (Lipinski definition) is 4. The topological polar surface area (TPSA) is 75.7 Å². The number of nitrogens with zero attached hydrogens (tertiary/aromatic N) is 1. The molecule has 3 aromatic rings. The van der Waals surface area contributed by atoms with E-state index in [4.69, 9.17) is 16.3 Å². The molecule has 1 aliphatic rings. The molecule has 0 aliphatic carbocycles. The Hall–Kier alpha value is -3.03. The van der Waals surface area contributed by atoms with Crippen molar-refractivity contribution < 1.29 is 17.9 Å². The minimum Gasteiger partial charge on any atom is -0.483 e. The number of hydrogen-bond donors (Lipinski definition) is 1. The van der Waals surface area contributed by atoms with Gasteiger partial charge in [-0.2, -0.15) is 0 Å². The Bertz CT molecular complexity index is 1260. The Morgan fingerprint density at radius 3 is 2.56 bits per heavy atom. The van der Waals surface area contributed by atoms with Gasteiger partial charge in [-0.3, -0.25) is 9.52 Å². The molecule has 1 atom stereocenters. The lowest BCUT2D eigenvalue weighted by molar-refractivity contribution is -0.120. The van der Waals surface area contributed by atoms with Gasteiger partial charge in [-0.1, -0.05) is 29.8 Å². The minimum absolute atomic E-state index is 0.0658. The molecule has 0 saturated carbocycles. The van der Waals surface area contributed by atoms with Crippen molar-refractivity contribution in [3.05, 3.63) is 82.9 Å². The van der Waals surface area contributed by atoms with Gasteiger partial charge in [-0.25, -0.2) is 8.42 Å². The van der Waals surface area contributed by atoms with Gasteiger partial charge in [0.1, 0.15) is 5.75 Å². The van der Waals surface area contributed by atoms with Gasteiger partial charge in [0.2, 0.25) is 0 Å². The molecule has 1 amide bonds. The molecular formula is C24H23ClN2O4S. The zero-order valence-electron chi connectivity index (χ0n) is 17.7. The predicted molar refractivity (Wildman–Crippen MR) is 126 cm³/mol. The number of carbonyl (C=O) groups is 1. The number of rotatable bonds is 6. The van der Waals surface area contributed by atoms with Crippen LogP contribution in [0.25, 0.3) is 0 Å². The molecule has 1 N–H and O–H groups in total. The van der Waals surface area contributed by atoms with Crippen molar-refractivity contribution in [2.75, 3.05) is 16.2 Å². The van der Waals surface area contributed by atoms with Gasteiger partial charge in [0.15, 0.2) is 6.61 Å². The number of para-hydroxylation sites is 1. The molecule has 6 nitrogen and oxygen atoms in total. The van der Waals surface area contributed by atoms with E-state index in [2.05, 4.69) is 4.72 Å². The molecule has 0 saturated heterocycles. The molecule has 0 radical (unpaired) electrons. The summed E-state index contributed by atoms with van der Waals surface area (Å²) in [5, 5.41) is 0.520. The molecule has 0 aromatic heterocycles. The standard InChI is InChI=1S/C24H23ClN2O4S/c1-16-13-21(32(29,30)26-20-9-7-19(25)8-10-20)11-12-23(16)31-15-24(28)27-17(2)14-18-5-3-4-6-22(18)27/h3-13,17,26H,14-15H2,1-2H3/t17-/m1/s1. The number of halogens is 1. The van der Waals surface area contributed by atoms with Crippen LogP contribution in [0.15, 0.2) is 71.6 Å². The molecule has 0 bridgehead atoms. The van der Waals surface area contributed by atoms with Gasteiger partial charge < -0.3 is 9.64 Å². The second-order valence-corrected chi connectivity index (χ2v) is 9.89. The van der Waals surface area contributed by atoms with Crippen LogP contribution in [0.5, 0.6) is 5.75 Å². The molecule has 166 valence electrons. The maximum Gasteiger partial charge on any atom is 0.265 e. The lowest BCUT2D eigenvalue weighted by Gasteiger charge is -2.23. The van der Waals surface area contributed by atoms with Crippen LogP contribution in [0.1, 0.15) is 18.1 Å². The Kier molecular flexibility index (Phi) is 6.13. The van der Waals surface area contributed by atoms with Crippen LogP contribution in [0.2, 0.25) is 5.02 Å². The lowest BCUT2D eigenvalue weighted by atomic mass is 10.1. The van der Waals surface area contributed by atoms with E-state index in [1.54, 1.807) is 42.2 Å². The number of aryl methyl sites for hydroxylation is 1. The van der Waals surface area contributed by atoms with E-state index < -0.39 is 10.0 Å². The highest BCUT2D eigenvalue weighted by molar-refractivity contribution is 7.92. The minimum atomic E-state index is -3.77. The number of carbonyl (C=O) groups excluding carboxylic acids is 1. The maximum atomic E-state index is 12.8. The van der Waals surface area contributed by atoms with Crippen molar-refractivity contribution in [1.29, 1.82) is 0 Å². The molecular weight excluding hydrogens is 448 g/mol. The SMILES string of the molecule is Cc1cc(S(=O)(=O)Nc2ccc(Cl)cc2)ccc1OCC(=O)N1c2ccccc2C[C@H]1C. The predicted octanol–water partition coefficient (Wildman–Crippen LogP) is 4.81. The van der Waals surface area contributed by atoms with Crippen molar-refractivity contribution in [1.82, 2.24) is 0 Å². The molecule has 0 unspecified atom stereocenters. The zero-order valence-corrected chi connectivity index (χ0v) is 19.3. The normalized spacial score (nSPS) is 15.3. The third-order valence-electron chi connectivity index (χ3n) is 5.38. The third-order valence-corrected chi connectivity index (χ3v) is 7.01.